The van der Waals surface area contributed by atoms with E-state index in [1.54, 1.807) is 11.9 Å². The van der Waals surface area contributed by atoms with Gasteiger partial charge < -0.3 is 15.0 Å². The van der Waals surface area contributed by atoms with Gasteiger partial charge in [-0.15, -0.1) is 0 Å². The van der Waals surface area contributed by atoms with Crippen molar-refractivity contribution in [1.29, 1.82) is 0 Å². The van der Waals surface area contributed by atoms with E-state index in [1.165, 1.54) is 18.2 Å². The molecule has 2 unspecified atom stereocenters. The minimum absolute atomic E-state index is 0.0314. The number of carbonyl (C=O) groups is 1. The van der Waals surface area contributed by atoms with Crippen molar-refractivity contribution in [3.63, 3.8) is 0 Å². The highest BCUT2D eigenvalue weighted by atomic mass is 16.6. The van der Waals surface area contributed by atoms with Gasteiger partial charge in [0.25, 0.3) is 11.6 Å². The summed E-state index contributed by atoms with van der Waals surface area (Å²) in [5, 5.41) is 13.7. The Balaban J connectivity index is 1.83. The van der Waals surface area contributed by atoms with E-state index in [1.807, 2.05) is 0 Å². The number of nitrogens with zero attached hydrogens (tertiary/aromatic N) is 2. The number of rotatable bonds is 3. The van der Waals surface area contributed by atoms with Crippen LogP contribution in [0.3, 0.4) is 0 Å². The van der Waals surface area contributed by atoms with Crippen LogP contribution in [0.5, 0.6) is 0 Å². The molecule has 1 aromatic rings. The molecule has 2 atom stereocenters. The van der Waals surface area contributed by atoms with Crippen molar-refractivity contribution in [1.82, 2.24) is 4.90 Å². The number of nitro benzene ring substituents is 1. The largest absolute Gasteiger partial charge is 0.383 e. The average Bonchev–Trinajstić information content (AvgIpc) is 2.84. The van der Waals surface area contributed by atoms with Gasteiger partial charge in [-0.05, 0) is 25.0 Å². The van der Waals surface area contributed by atoms with Crippen molar-refractivity contribution in [2.24, 2.45) is 0 Å². The highest BCUT2D eigenvalue weighted by Gasteiger charge is 2.36. The zero-order valence-corrected chi connectivity index (χ0v) is 11.7. The Morgan fingerprint density at radius 1 is 1.38 bits per heavy atom. The maximum atomic E-state index is 12.5. The summed E-state index contributed by atoms with van der Waals surface area (Å²) in [4.78, 5) is 24.8. The predicted molar refractivity (Wildman–Crippen MR) is 76.4 cm³/mol. The number of hydrogen-bond donors (Lipinski definition) is 1. The van der Waals surface area contributed by atoms with E-state index in [4.69, 9.17) is 4.74 Å². The molecular formula is C14H17N3O4. The van der Waals surface area contributed by atoms with E-state index in [-0.39, 0.29) is 23.8 Å². The summed E-state index contributed by atoms with van der Waals surface area (Å²) in [6.07, 6.45) is 2.26. The van der Waals surface area contributed by atoms with E-state index in [0.29, 0.717) is 24.3 Å². The van der Waals surface area contributed by atoms with Crippen molar-refractivity contribution in [2.75, 3.05) is 25.5 Å². The summed E-state index contributed by atoms with van der Waals surface area (Å²) in [6.45, 7) is 1.20. The van der Waals surface area contributed by atoms with E-state index >= 15 is 0 Å². The Bertz CT molecular complexity index is 578. The molecule has 112 valence electrons. The predicted octanol–water partition coefficient (Wildman–Crippen LogP) is 1.64. The van der Waals surface area contributed by atoms with Gasteiger partial charge >= 0.3 is 0 Å². The highest BCUT2D eigenvalue weighted by molar-refractivity contribution is 5.96. The summed E-state index contributed by atoms with van der Waals surface area (Å²) in [6, 6.07) is 4.42. The van der Waals surface area contributed by atoms with Gasteiger partial charge in [0.05, 0.1) is 17.1 Å². The molecule has 0 saturated carbocycles. The van der Waals surface area contributed by atoms with Crippen LogP contribution < -0.4 is 5.32 Å². The van der Waals surface area contributed by atoms with E-state index in [2.05, 4.69) is 5.32 Å². The summed E-state index contributed by atoms with van der Waals surface area (Å²) >= 11 is 0. The lowest BCUT2D eigenvalue weighted by Gasteiger charge is -2.32. The maximum Gasteiger partial charge on any atom is 0.292 e. The highest BCUT2D eigenvalue weighted by Crippen LogP contribution is 2.29. The molecule has 1 amide bonds. The van der Waals surface area contributed by atoms with Gasteiger partial charge in [0.1, 0.15) is 5.69 Å². The number of benzene rings is 1. The third-order valence-electron chi connectivity index (χ3n) is 4.04. The topological polar surface area (TPSA) is 84.7 Å². The first-order valence-corrected chi connectivity index (χ1v) is 6.99. The van der Waals surface area contributed by atoms with Gasteiger partial charge in [-0.25, -0.2) is 0 Å². The van der Waals surface area contributed by atoms with Crippen LogP contribution in [-0.2, 0) is 4.74 Å². The van der Waals surface area contributed by atoms with Crippen LogP contribution in [0.25, 0.3) is 0 Å². The number of nitro groups is 1. The Morgan fingerprint density at radius 2 is 2.05 bits per heavy atom. The summed E-state index contributed by atoms with van der Waals surface area (Å²) in [5.41, 5.74) is 0.782. The second kappa shape index (κ2) is 5.33. The minimum Gasteiger partial charge on any atom is -0.383 e. The van der Waals surface area contributed by atoms with E-state index in [9.17, 15) is 14.9 Å². The molecule has 7 heteroatoms. The molecule has 0 spiro atoms. The number of fused-ring (bicyclic) bond motifs is 2. The summed E-state index contributed by atoms with van der Waals surface area (Å²) in [5.74, 6) is -0.0957. The summed E-state index contributed by atoms with van der Waals surface area (Å²) < 4.78 is 5.71. The first-order chi connectivity index (χ1) is 10.1. The fourth-order valence-corrected chi connectivity index (χ4v) is 2.99. The van der Waals surface area contributed by atoms with Crippen molar-refractivity contribution < 1.29 is 14.5 Å². The van der Waals surface area contributed by atoms with Crippen molar-refractivity contribution in [3.8, 4) is 0 Å². The summed E-state index contributed by atoms with van der Waals surface area (Å²) in [7, 11) is 1.60. The molecule has 2 saturated heterocycles. The van der Waals surface area contributed by atoms with Gasteiger partial charge in [-0.1, -0.05) is 0 Å². The number of nitrogens with one attached hydrogen (secondary N) is 1. The van der Waals surface area contributed by atoms with Crippen molar-refractivity contribution >= 4 is 17.3 Å². The third kappa shape index (κ3) is 2.56. The molecular weight excluding hydrogens is 274 g/mol. The number of amides is 1. The fraction of sp³-hybridized carbons (Fsp3) is 0.500. The van der Waals surface area contributed by atoms with Crippen molar-refractivity contribution in [3.05, 3.63) is 33.9 Å². The van der Waals surface area contributed by atoms with Crippen molar-refractivity contribution in [2.45, 2.75) is 25.0 Å². The molecule has 21 heavy (non-hydrogen) atoms. The van der Waals surface area contributed by atoms with Gasteiger partial charge in [0, 0.05) is 31.8 Å². The van der Waals surface area contributed by atoms with Crippen LogP contribution in [0.4, 0.5) is 11.4 Å². The average molecular weight is 291 g/mol. The molecule has 3 rings (SSSR count). The molecule has 2 aliphatic heterocycles. The Labute approximate surface area is 122 Å². The van der Waals surface area contributed by atoms with Gasteiger partial charge in [0.15, 0.2) is 0 Å². The van der Waals surface area contributed by atoms with E-state index in [0.717, 1.165) is 12.8 Å². The molecule has 1 aromatic carbocycles. The number of ether oxygens (including phenoxy) is 1. The van der Waals surface area contributed by atoms with Crippen LogP contribution in [0, 0.1) is 10.1 Å². The second-order valence-electron chi connectivity index (χ2n) is 5.41. The lowest BCUT2D eigenvalue weighted by molar-refractivity contribution is -0.383. The number of likely N-dealkylation sites (tertiary alicyclic amines) is 1. The Kier molecular flexibility index (Phi) is 3.50. The Hall–Kier alpha value is -2.15. The van der Waals surface area contributed by atoms with E-state index < -0.39 is 4.92 Å². The van der Waals surface area contributed by atoms with Gasteiger partial charge in [0.2, 0.25) is 0 Å². The standard InChI is InChI=1S/C14H17N3O4/c1-15-12-6-9(2-5-13(12)17(19)20)14(18)16-7-10-3-4-11(8-16)21-10/h2,5-6,10-11,15H,3-4,7-8H2,1H3. The molecule has 2 heterocycles. The normalized spacial score (nSPS) is 24.0. The van der Waals surface area contributed by atoms with Crippen LogP contribution in [-0.4, -0.2) is 48.1 Å². The first kappa shape index (κ1) is 13.8. The molecule has 0 aromatic heterocycles. The fourth-order valence-electron chi connectivity index (χ4n) is 2.99. The first-order valence-electron chi connectivity index (χ1n) is 6.99. The number of morpholine rings is 1. The Morgan fingerprint density at radius 3 is 2.62 bits per heavy atom. The zero-order valence-electron chi connectivity index (χ0n) is 11.7. The molecule has 0 radical (unpaired) electrons. The lowest BCUT2D eigenvalue weighted by Crippen LogP contribution is -2.45. The SMILES string of the molecule is CNc1cc(C(=O)N2CC3CCC(C2)O3)ccc1[N+](=O)[O-]. The zero-order chi connectivity index (χ0) is 15.0. The molecule has 0 aliphatic carbocycles. The molecule has 2 fully saturated rings. The van der Waals surface area contributed by atoms with Crippen LogP contribution in [0.15, 0.2) is 18.2 Å². The van der Waals surface area contributed by atoms with Gasteiger partial charge in [-0.2, -0.15) is 0 Å². The third-order valence-corrected chi connectivity index (χ3v) is 4.04. The quantitative estimate of drug-likeness (QED) is 0.676. The van der Waals surface area contributed by atoms with Crippen LogP contribution in [0.1, 0.15) is 23.2 Å². The number of carbonyl (C=O) groups excluding carboxylic acids is 1. The minimum atomic E-state index is -0.463. The monoisotopic (exact) mass is 291 g/mol. The maximum absolute atomic E-state index is 12.5. The smallest absolute Gasteiger partial charge is 0.292 e. The molecule has 2 aliphatic rings. The number of hydrogen-bond acceptors (Lipinski definition) is 5. The van der Waals surface area contributed by atoms with Gasteiger partial charge in [-0.3, -0.25) is 14.9 Å². The van der Waals surface area contributed by atoms with Crippen LogP contribution in [0.2, 0.25) is 0 Å². The second-order valence-corrected chi connectivity index (χ2v) is 5.41. The molecule has 1 N–H and O–H groups in total. The molecule has 2 bridgehead atoms. The number of anilines is 1. The van der Waals surface area contributed by atoms with Crippen LogP contribution >= 0.6 is 0 Å². The molecule has 7 nitrogen and oxygen atoms in total. The lowest BCUT2D eigenvalue weighted by atomic mass is 10.1.